The molecule has 0 radical (unpaired) electrons. The highest BCUT2D eigenvalue weighted by atomic mass is 35.5. The molecule has 0 aromatic carbocycles. The van der Waals surface area contributed by atoms with Crippen LogP contribution >= 0.6 is 23.8 Å². The molecule has 0 atom stereocenters. The third-order valence-electron chi connectivity index (χ3n) is 3.55. The second kappa shape index (κ2) is 8.31. The lowest BCUT2D eigenvalue weighted by molar-refractivity contribution is 0.555. The standard InChI is InChI=1S/C15H23ClN6S/c1-4-21-14(13(16)9-19-21)10-18-15(23)17-6-5-7-22-12(3)8-11(2)20-22/h8-9H,4-7,10H2,1-3H3,(H2,17,18,23). The van der Waals surface area contributed by atoms with Gasteiger partial charge in [-0.3, -0.25) is 9.36 Å². The largest absolute Gasteiger partial charge is 0.363 e. The van der Waals surface area contributed by atoms with E-state index in [-0.39, 0.29) is 0 Å². The van der Waals surface area contributed by atoms with Crippen LogP contribution in [0.5, 0.6) is 0 Å². The third kappa shape index (κ3) is 4.94. The highest BCUT2D eigenvalue weighted by Gasteiger charge is 2.08. The first-order valence-corrected chi connectivity index (χ1v) is 8.52. The number of nitrogens with zero attached hydrogens (tertiary/aromatic N) is 4. The van der Waals surface area contributed by atoms with E-state index in [1.807, 2.05) is 23.2 Å². The number of aryl methyl sites for hydroxylation is 4. The zero-order valence-electron chi connectivity index (χ0n) is 13.8. The van der Waals surface area contributed by atoms with Gasteiger partial charge in [0.25, 0.3) is 0 Å². The van der Waals surface area contributed by atoms with Crippen molar-refractivity contribution < 1.29 is 0 Å². The van der Waals surface area contributed by atoms with Gasteiger partial charge in [0.2, 0.25) is 0 Å². The summed E-state index contributed by atoms with van der Waals surface area (Å²) in [6.45, 7) is 9.13. The quantitative estimate of drug-likeness (QED) is 0.590. The first-order chi connectivity index (χ1) is 11.0. The molecule has 2 aromatic heterocycles. The summed E-state index contributed by atoms with van der Waals surface area (Å²) in [5.41, 5.74) is 3.18. The zero-order chi connectivity index (χ0) is 16.8. The van der Waals surface area contributed by atoms with Crippen LogP contribution in [0.3, 0.4) is 0 Å². The summed E-state index contributed by atoms with van der Waals surface area (Å²) in [5, 5.41) is 16.3. The Hall–Kier alpha value is -1.60. The van der Waals surface area contributed by atoms with Gasteiger partial charge in [-0.25, -0.2) is 0 Å². The summed E-state index contributed by atoms with van der Waals surface area (Å²) in [6, 6.07) is 2.08. The molecule has 0 bridgehead atoms. The van der Waals surface area contributed by atoms with E-state index in [1.54, 1.807) is 6.20 Å². The average molecular weight is 355 g/mol. The molecule has 8 heteroatoms. The van der Waals surface area contributed by atoms with Crippen molar-refractivity contribution in [3.05, 3.63) is 34.4 Å². The van der Waals surface area contributed by atoms with E-state index in [0.29, 0.717) is 16.7 Å². The van der Waals surface area contributed by atoms with Crippen molar-refractivity contribution >= 4 is 28.9 Å². The summed E-state index contributed by atoms with van der Waals surface area (Å²) in [4.78, 5) is 0. The number of halogens is 1. The normalized spacial score (nSPS) is 10.8. The number of nitrogens with one attached hydrogen (secondary N) is 2. The fraction of sp³-hybridized carbons (Fsp3) is 0.533. The number of rotatable bonds is 7. The first kappa shape index (κ1) is 17.7. The zero-order valence-corrected chi connectivity index (χ0v) is 15.3. The SMILES string of the molecule is CCn1ncc(Cl)c1CNC(=S)NCCCn1nc(C)cc1C. The Morgan fingerprint density at radius 1 is 1.30 bits per heavy atom. The summed E-state index contributed by atoms with van der Waals surface area (Å²) >= 11 is 11.4. The fourth-order valence-electron chi connectivity index (χ4n) is 2.39. The summed E-state index contributed by atoms with van der Waals surface area (Å²) in [7, 11) is 0. The van der Waals surface area contributed by atoms with Crippen LogP contribution in [0.25, 0.3) is 0 Å². The minimum atomic E-state index is 0.565. The molecule has 0 amide bonds. The van der Waals surface area contributed by atoms with Gasteiger partial charge in [-0.15, -0.1) is 0 Å². The van der Waals surface area contributed by atoms with Gasteiger partial charge in [0.05, 0.1) is 29.2 Å². The summed E-state index contributed by atoms with van der Waals surface area (Å²) in [6.07, 6.45) is 2.62. The monoisotopic (exact) mass is 354 g/mol. The Bertz CT molecular complexity index is 663. The van der Waals surface area contributed by atoms with Crippen LogP contribution in [0.1, 0.15) is 30.4 Å². The molecule has 0 aliphatic rings. The van der Waals surface area contributed by atoms with Crippen LogP contribution in [-0.2, 0) is 19.6 Å². The van der Waals surface area contributed by atoms with Gasteiger partial charge < -0.3 is 10.6 Å². The van der Waals surface area contributed by atoms with Gasteiger partial charge >= 0.3 is 0 Å². The Labute approximate surface area is 147 Å². The van der Waals surface area contributed by atoms with Crippen molar-refractivity contribution in [2.24, 2.45) is 0 Å². The van der Waals surface area contributed by atoms with Gasteiger partial charge in [0.15, 0.2) is 5.11 Å². The number of hydrogen-bond acceptors (Lipinski definition) is 3. The van der Waals surface area contributed by atoms with Crippen molar-refractivity contribution in [2.45, 2.75) is 46.8 Å². The van der Waals surface area contributed by atoms with Crippen molar-refractivity contribution in [3.8, 4) is 0 Å². The third-order valence-corrected chi connectivity index (χ3v) is 4.15. The van der Waals surface area contributed by atoms with E-state index in [0.717, 1.165) is 37.4 Å². The highest BCUT2D eigenvalue weighted by molar-refractivity contribution is 7.80. The summed E-state index contributed by atoms with van der Waals surface area (Å²) in [5.74, 6) is 0. The topological polar surface area (TPSA) is 59.7 Å². The molecule has 0 saturated carbocycles. The smallest absolute Gasteiger partial charge is 0.166 e. The number of hydrogen-bond donors (Lipinski definition) is 2. The lowest BCUT2D eigenvalue weighted by Gasteiger charge is -2.12. The minimum absolute atomic E-state index is 0.565. The molecule has 126 valence electrons. The van der Waals surface area contributed by atoms with Crippen LogP contribution in [-0.4, -0.2) is 31.2 Å². The van der Waals surface area contributed by atoms with E-state index in [4.69, 9.17) is 23.8 Å². The van der Waals surface area contributed by atoms with E-state index in [1.165, 1.54) is 5.69 Å². The molecule has 2 heterocycles. The van der Waals surface area contributed by atoms with Gasteiger partial charge in [-0.05, 0) is 45.5 Å². The van der Waals surface area contributed by atoms with Gasteiger partial charge in [-0.1, -0.05) is 11.6 Å². The van der Waals surface area contributed by atoms with E-state index < -0.39 is 0 Å². The lowest BCUT2D eigenvalue weighted by atomic mass is 10.4. The lowest BCUT2D eigenvalue weighted by Crippen LogP contribution is -2.36. The van der Waals surface area contributed by atoms with Gasteiger partial charge in [0.1, 0.15) is 0 Å². The molecule has 2 rings (SSSR count). The second-order valence-corrected chi connectivity index (χ2v) is 6.18. The predicted octanol–water partition coefficient (Wildman–Crippen LogP) is 2.42. The molecule has 0 saturated heterocycles. The second-order valence-electron chi connectivity index (χ2n) is 5.37. The molecular weight excluding hydrogens is 332 g/mol. The molecule has 23 heavy (non-hydrogen) atoms. The van der Waals surface area contributed by atoms with Crippen molar-refractivity contribution in [2.75, 3.05) is 6.54 Å². The Kier molecular flexibility index (Phi) is 6.41. The van der Waals surface area contributed by atoms with Crippen LogP contribution in [0, 0.1) is 13.8 Å². The number of aromatic nitrogens is 4. The van der Waals surface area contributed by atoms with Crippen LogP contribution in [0.15, 0.2) is 12.3 Å². The molecule has 0 spiro atoms. The molecule has 0 aliphatic heterocycles. The first-order valence-electron chi connectivity index (χ1n) is 7.74. The van der Waals surface area contributed by atoms with Crippen LogP contribution in [0.4, 0.5) is 0 Å². The summed E-state index contributed by atoms with van der Waals surface area (Å²) < 4.78 is 3.88. The fourth-order valence-corrected chi connectivity index (χ4v) is 2.78. The molecular formula is C15H23ClN6S. The molecule has 2 N–H and O–H groups in total. The maximum Gasteiger partial charge on any atom is 0.166 e. The number of thiocarbonyl (C=S) groups is 1. The minimum Gasteiger partial charge on any atom is -0.363 e. The van der Waals surface area contributed by atoms with Crippen LogP contribution in [0.2, 0.25) is 5.02 Å². The van der Waals surface area contributed by atoms with E-state index >= 15 is 0 Å². The predicted molar refractivity (Wildman–Crippen MR) is 96.7 cm³/mol. The molecule has 6 nitrogen and oxygen atoms in total. The van der Waals surface area contributed by atoms with Gasteiger partial charge in [-0.2, -0.15) is 10.2 Å². The van der Waals surface area contributed by atoms with Crippen molar-refractivity contribution in [1.82, 2.24) is 30.2 Å². The van der Waals surface area contributed by atoms with Crippen LogP contribution < -0.4 is 10.6 Å². The highest BCUT2D eigenvalue weighted by Crippen LogP contribution is 2.14. The Balaban J connectivity index is 1.69. The molecule has 0 aliphatic carbocycles. The van der Waals surface area contributed by atoms with Gasteiger partial charge in [0, 0.05) is 25.3 Å². The van der Waals surface area contributed by atoms with Crippen molar-refractivity contribution in [3.63, 3.8) is 0 Å². The van der Waals surface area contributed by atoms with Crippen molar-refractivity contribution in [1.29, 1.82) is 0 Å². The maximum atomic E-state index is 6.12. The Morgan fingerprint density at radius 2 is 2.09 bits per heavy atom. The molecule has 0 fully saturated rings. The maximum absolute atomic E-state index is 6.12. The Morgan fingerprint density at radius 3 is 2.74 bits per heavy atom. The van der Waals surface area contributed by atoms with E-state index in [9.17, 15) is 0 Å². The molecule has 2 aromatic rings. The molecule has 0 unspecified atom stereocenters. The average Bonchev–Trinajstić information content (AvgIpc) is 3.03. The van der Waals surface area contributed by atoms with E-state index in [2.05, 4.69) is 33.8 Å².